The molecule has 0 spiro atoms. The Balaban J connectivity index is 1.87. The van der Waals surface area contributed by atoms with E-state index in [9.17, 15) is 9.90 Å². The number of fused-ring (bicyclic) bond motifs is 5. The number of hydrogen-bond acceptors (Lipinski definition) is 6. The Hall–Kier alpha value is -2.06. The lowest BCUT2D eigenvalue weighted by molar-refractivity contribution is 0.0904. The number of aliphatic hydroxyl groups excluding tert-OH is 1. The Morgan fingerprint density at radius 1 is 1.46 bits per heavy atom. The van der Waals surface area contributed by atoms with E-state index in [0.717, 1.165) is 28.9 Å². The summed E-state index contributed by atoms with van der Waals surface area (Å²) in [6.07, 6.45) is 4.10. The van der Waals surface area contributed by atoms with Gasteiger partial charge < -0.3 is 10.4 Å². The number of aryl methyl sites for hydroxylation is 2. The highest BCUT2D eigenvalue weighted by Gasteiger charge is 2.27. The Labute approximate surface area is 155 Å². The van der Waals surface area contributed by atoms with Crippen molar-refractivity contribution in [1.82, 2.24) is 24.9 Å². The number of hydrogen-bond donors (Lipinski definition) is 2. The van der Waals surface area contributed by atoms with Crippen LogP contribution in [0.25, 0.3) is 15.9 Å². The van der Waals surface area contributed by atoms with Crippen molar-refractivity contribution in [2.75, 3.05) is 6.61 Å². The zero-order valence-corrected chi connectivity index (χ0v) is 16.1. The highest BCUT2D eigenvalue weighted by molar-refractivity contribution is 7.19. The van der Waals surface area contributed by atoms with Crippen molar-refractivity contribution in [3.63, 3.8) is 0 Å². The average molecular weight is 373 g/mol. The van der Waals surface area contributed by atoms with Gasteiger partial charge in [0, 0.05) is 4.88 Å². The smallest absolute Gasteiger partial charge is 0.291 e. The second kappa shape index (κ2) is 6.59. The topological polar surface area (TPSA) is 92.4 Å². The molecule has 3 heterocycles. The monoisotopic (exact) mass is 373 g/mol. The highest BCUT2D eigenvalue weighted by atomic mass is 32.1. The molecule has 3 aromatic heterocycles. The quantitative estimate of drug-likeness (QED) is 0.733. The molecule has 8 heteroatoms. The van der Waals surface area contributed by atoms with Gasteiger partial charge in [0.25, 0.3) is 5.91 Å². The Morgan fingerprint density at radius 3 is 3.00 bits per heavy atom. The summed E-state index contributed by atoms with van der Waals surface area (Å²) in [6, 6.07) is -0.290. The van der Waals surface area contributed by atoms with Crippen LogP contribution >= 0.6 is 11.3 Å². The third-order valence-electron chi connectivity index (χ3n) is 5.19. The van der Waals surface area contributed by atoms with Crippen molar-refractivity contribution < 1.29 is 9.90 Å². The van der Waals surface area contributed by atoms with Gasteiger partial charge in [0.05, 0.1) is 18.0 Å². The van der Waals surface area contributed by atoms with Gasteiger partial charge in [0.1, 0.15) is 10.7 Å². The van der Waals surface area contributed by atoms with Gasteiger partial charge in [-0.1, -0.05) is 13.8 Å². The van der Waals surface area contributed by atoms with Gasteiger partial charge in [-0.05, 0) is 44.1 Å². The van der Waals surface area contributed by atoms with Gasteiger partial charge in [0.15, 0.2) is 5.65 Å². The third-order valence-corrected chi connectivity index (χ3v) is 6.35. The van der Waals surface area contributed by atoms with Crippen LogP contribution in [0.3, 0.4) is 0 Å². The minimum Gasteiger partial charge on any atom is -0.394 e. The number of nitrogens with one attached hydrogen (secondary N) is 1. The van der Waals surface area contributed by atoms with E-state index in [2.05, 4.69) is 22.3 Å². The van der Waals surface area contributed by atoms with Crippen molar-refractivity contribution in [1.29, 1.82) is 0 Å². The molecule has 0 saturated carbocycles. The molecule has 1 aliphatic rings. The standard InChI is InChI=1S/C18H23N5O2S/c1-4-11(8-24)20-17(25)15-21-16-14-13-9(2)6-5-7-12(13)26-18(14)19-10(3)23(16)22-15/h9,11,24H,4-8H2,1-3H3,(H,20,25)/t9-,11-/m0/s1. The maximum atomic E-state index is 12.5. The largest absolute Gasteiger partial charge is 0.394 e. The summed E-state index contributed by atoms with van der Waals surface area (Å²) in [5, 5.41) is 17.5. The fraction of sp³-hybridized carbons (Fsp3) is 0.556. The SMILES string of the molecule is CC[C@@H](CO)NC(=O)c1nc2c3c4c(sc3nc(C)n2n1)CCC[C@@H]4C. The van der Waals surface area contributed by atoms with E-state index in [4.69, 9.17) is 4.98 Å². The van der Waals surface area contributed by atoms with Crippen LogP contribution in [-0.2, 0) is 6.42 Å². The van der Waals surface area contributed by atoms with E-state index in [1.807, 2.05) is 13.8 Å². The minimum atomic E-state index is -0.362. The summed E-state index contributed by atoms with van der Waals surface area (Å²) < 4.78 is 1.67. The van der Waals surface area contributed by atoms with Gasteiger partial charge in [-0.15, -0.1) is 16.4 Å². The lowest BCUT2D eigenvalue weighted by Gasteiger charge is -2.18. The van der Waals surface area contributed by atoms with Crippen LogP contribution < -0.4 is 5.32 Å². The number of amides is 1. The molecular weight excluding hydrogens is 350 g/mol. The molecule has 0 unspecified atom stereocenters. The zero-order chi connectivity index (χ0) is 18.4. The molecule has 3 aromatic rings. The summed E-state index contributed by atoms with van der Waals surface area (Å²) in [6.45, 7) is 5.94. The van der Waals surface area contributed by atoms with Crippen LogP contribution in [0, 0.1) is 6.92 Å². The van der Waals surface area contributed by atoms with Gasteiger partial charge >= 0.3 is 0 Å². The van der Waals surface area contributed by atoms with Crippen LogP contribution in [0.4, 0.5) is 0 Å². The van der Waals surface area contributed by atoms with Crippen molar-refractivity contribution in [3.05, 3.63) is 22.1 Å². The highest BCUT2D eigenvalue weighted by Crippen LogP contribution is 2.42. The van der Waals surface area contributed by atoms with E-state index in [1.54, 1.807) is 15.9 Å². The number of aromatic nitrogens is 4. The molecule has 0 radical (unpaired) electrons. The molecule has 0 bridgehead atoms. The maximum absolute atomic E-state index is 12.5. The normalized spacial score (nSPS) is 18.2. The Bertz CT molecular complexity index is 989. The lowest BCUT2D eigenvalue weighted by Crippen LogP contribution is -2.37. The molecule has 138 valence electrons. The molecule has 0 saturated heterocycles. The predicted octanol–water partition coefficient (Wildman–Crippen LogP) is 2.59. The molecule has 1 amide bonds. The Kier molecular flexibility index (Phi) is 4.40. The van der Waals surface area contributed by atoms with Crippen LogP contribution in [0.2, 0.25) is 0 Å². The molecule has 4 rings (SSSR count). The van der Waals surface area contributed by atoms with Crippen molar-refractivity contribution >= 4 is 33.1 Å². The van der Waals surface area contributed by atoms with Gasteiger partial charge in [0.2, 0.25) is 5.82 Å². The van der Waals surface area contributed by atoms with Crippen LogP contribution in [0.5, 0.6) is 0 Å². The molecule has 2 atom stereocenters. The summed E-state index contributed by atoms with van der Waals surface area (Å²) >= 11 is 1.74. The molecule has 26 heavy (non-hydrogen) atoms. The fourth-order valence-electron chi connectivity index (χ4n) is 3.71. The van der Waals surface area contributed by atoms with E-state index in [-0.39, 0.29) is 24.4 Å². The second-order valence-electron chi connectivity index (χ2n) is 7.00. The first-order valence-corrected chi connectivity index (χ1v) is 9.95. The average Bonchev–Trinajstić information content (AvgIpc) is 3.21. The van der Waals surface area contributed by atoms with Crippen LogP contribution in [-0.4, -0.2) is 43.2 Å². The number of carbonyl (C=O) groups excluding carboxylic acids is 1. The fourth-order valence-corrected chi connectivity index (χ4v) is 5.08. The van der Waals surface area contributed by atoms with Crippen LogP contribution in [0.15, 0.2) is 0 Å². The molecule has 1 aliphatic carbocycles. The molecule has 0 aromatic carbocycles. The van der Waals surface area contributed by atoms with Gasteiger partial charge in [-0.25, -0.2) is 9.97 Å². The molecule has 2 N–H and O–H groups in total. The molecular formula is C18H23N5O2S. The summed E-state index contributed by atoms with van der Waals surface area (Å²) in [5.41, 5.74) is 2.04. The first-order valence-electron chi connectivity index (χ1n) is 9.13. The van der Waals surface area contributed by atoms with Crippen molar-refractivity contribution in [2.45, 2.75) is 58.4 Å². The predicted molar refractivity (Wildman–Crippen MR) is 101 cm³/mol. The Morgan fingerprint density at radius 2 is 2.27 bits per heavy atom. The first-order chi connectivity index (χ1) is 12.5. The van der Waals surface area contributed by atoms with E-state index in [1.165, 1.54) is 16.9 Å². The number of nitrogens with zero attached hydrogens (tertiary/aromatic N) is 4. The van der Waals surface area contributed by atoms with Gasteiger partial charge in [-0.2, -0.15) is 4.52 Å². The number of thiophene rings is 1. The van der Waals surface area contributed by atoms with Crippen molar-refractivity contribution in [2.24, 2.45) is 0 Å². The molecule has 0 fully saturated rings. The van der Waals surface area contributed by atoms with Gasteiger partial charge in [-0.3, -0.25) is 4.79 Å². The lowest BCUT2D eigenvalue weighted by atomic mass is 9.87. The summed E-state index contributed by atoms with van der Waals surface area (Å²) in [7, 11) is 0. The summed E-state index contributed by atoms with van der Waals surface area (Å²) in [5.74, 6) is 0.949. The van der Waals surface area contributed by atoms with E-state index in [0.29, 0.717) is 18.0 Å². The molecule has 0 aliphatic heterocycles. The third kappa shape index (κ3) is 2.68. The van der Waals surface area contributed by atoms with E-state index >= 15 is 0 Å². The minimum absolute atomic E-state index is 0.101. The first kappa shape index (κ1) is 17.4. The number of carbonyl (C=O) groups is 1. The number of rotatable bonds is 4. The van der Waals surface area contributed by atoms with Crippen molar-refractivity contribution in [3.8, 4) is 0 Å². The zero-order valence-electron chi connectivity index (χ0n) is 15.2. The maximum Gasteiger partial charge on any atom is 0.291 e. The second-order valence-corrected chi connectivity index (χ2v) is 8.09. The summed E-state index contributed by atoms with van der Waals surface area (Å²) in [4.78, 5) is 24.2. The van der Waals surface area contributed by atoms with Crippen LogP contribution in [0.1, 0.15) is 65.9 Å². The van der Waals surface area contributed by atoms with E-state index < -0.39 is 0 Å². The molecule has 7 nitrogen and oxygen atoms in total. The number of aliphatic hydroxyl groups is 1.